The van der Waals surface area contributed by atoms with Gasteiger partial charge in [0.05, 0.1) is 37.8 Å². The van der Waals surface area contributed by atoms with E-state index in [4.69, 9.17) is 14.2 Å². The lowest BCUT2D eigenvalue weighted by atomic mass is 9.77. The van der Waals surface area contributed by atoms with Crippen molar-refractivity contribution in [2.24, 2.45) is 11.8 Å². The Morgan fingerprint density at radius 3 is 2.03 bits per heavy atom. The number of methoxy groups -OCH3 is 2. The van der Waals surface area contributed by atoms with Gasteiger partial charge in [0.25, 0.3) is 0 Å². The number of fused-ring (bicyclic) bond motifs is 3. The quantitative estimate of drug-likeness (QED) is 0.400. The average molecular weight is 498 g/mol. The number of anilines is 1. The molecule has 2 aliphatic heterocycles. The van der Waals surface area contributed by atoms with Gasteiger partial charge in [0.15, 0.2) is 11.5 Å². The van der Waals surface area contributed by atoms with Gasteiger partial charge < -0.3 is 14.2 Å². The van der Waals surface area contributed by atoms with Gasteiger partial charge in [-0.2, -0.15) is 0 Å². The molecule has 2 saturated heterocycles. The molecular formula is C29H23NO7. The molecule has 1 spiro atoms. The van der Waals surface area contributed by atoms with Crippen molar-refractivity contribution in [2.75, 3.05) is 19.1 Å². The molecule has 0 aromatic heterocycles. The van der Waals surface area contributed by atoms with Crippen LogP contribution in [0.3, 0.4) is 0 Å². The molecule has 8 heteroatoms. The minimum absolute atomic E-state index is 0.196. The fraction of sp³-hybridized carbons (Fsp3) is 0.241. The zero-order valence-electron chi connectivity index (χ0n) is 20.4. The van der Waals surface area contributed by atoms with E-state index in [0.717, 1.165) is 10.5 Å². The van der Waals surface area contributed by atoms with Crippen LogP contribution in [0.4, 0.5) is 5.69 Å². The van der Waals surface area contributed by atoms with Crippen molar-refractivity contribution in [3.05, 3.63) is 89.0 Å². The van der Waals surface area contributed by atoms with Gasteiger partial charge in [0.2, 0.25) is 29.0 Å². The molecule has 0 bridgehead atoms. The molecule has 37 heavy (non-hydrogen) atoms. The van der Waals surface area contributed by atoms with E-state index < -0.39 is 46.9 Å². The zero-order valence-corrected chi connectivity index (χ0v) is 20.4. The largest absolute Gasteiger partial charge is 0.493 e. The summed E-state index contributed by atoms with van der Waals surface area (Å²) >= 11 is 0. The number of hydrogen-bond acceptors (Lipinski definition) is 7. The van der Waals surface area contributed by atoms with Gasteiger partial charge in [-0.1, -0.05) is 48.5 Å². The van der Waals surface area contributed by atoms with E-state index in [1.54, 1.807) is 48.5 Å². The van der Waals surface area contributed by atoms with Gasteiger partial charge in [-0.25, -0.2) is 4.90 Å². The molecule has 2 fully saturated rings. The maximum atomic E-state index is 14.1. The van der Waals surface area contributed by atoms with Crippen molar-refractivity contribution in [3.8, 4) is 11.5 Å². The van der Waals surface area contributed by atoms with Crippen LogP contribution in [-0.2, 0) is 14.3 Å². The molecule has 1 aliphatic carbocycles. The van der Waals surface area contributed by atoms with Crippen molar-refractivity contribution >= 4 is 29.1 Å². The molecule has 0 N–H and O–H groups in total. The highest BCUT2D eigenvalue weighted by atomic mass is 16.5. The molecule has 6 rings (SSSR count). The summed E-state index contributed by atoms with van der Waals surface area (Å²) in [5.41, 5.74) is 0.0169. The molecule has 0 saturated carbocycles. The van der Waals surface area contributed by atoms with Crippen molar-refractivity contribution in [3.63, 3.8) is 0 Å². The highest BCUT2D eigenvalue weighted by Gasteiger charge is 2.74. The predicted octanol–water partition coefficient (Wildman–Crippen LogP) is 3.71. The Hall–Kier alpha value is -4.30. The van der Waals surface area contributed by atoms with Crippen LogP contribution in [-0.4, -0.2) is 43.2 Å². The van der Waals surface area contributed by atoms with E-state index in [1.165, 1.54) is 20.3 Å². The third-order valence-corrected chi connectivity index (χ3v) is 7.64. The first-order valence-corrected chi connectivity index (χ1v) is 11.9. The molecule has 0 radical (unpaired) electrons. The topological polar surface area (TPSA) is 99.2 Å². The molecule has 2 amide bonds. The van der Waals surface area contributed by atoms with Crippen LogP contribution < -0.4 is 14.4 Å². The minimum Gasteiger partial charge on any atom is -0.493 e. The van der Waals surface area contributed by atoms with E-state index in [-0.39, 0.29) is 16.8 Å². The number of rotatable bonds is 4. The summed E-state index contributed by atoms with van der Waals surface area (Å²) in [6.45, 7) is 1.86. The summed E-state index contributed by atoms with van der Waals surface area (Å²) in [6.07, 6.45) is -0.963. The van der Waals surface area contributed by atoms with Crippen LogP contribution in [0.1, 0.15) is 37.9 Å². The number of carbonyl (C=O) groups is 4. The molecule has 3 atom stereocenters. The first-order chi connectivity index (χ1) is 17.8. The second kappa shape index (κ2) is 8.11. The third kappa shape index (κ3) is 2.93. The average Bonchev–Trinajstić information content (AvgIpc) is 3.48. The number of benzene rings is 3. The van der Waals surface area contributed by atoms with E-state index >= 15 is 0 Å². The lowest BCUT2D eigenvalue weighted by Crippen LogP contribution is -2.51. The molecular weight excluding hydrogens is 474 g/mol. The first kappa shape index (κ1) is 23.1. The highest BCUT2D eigenvalue weighted by Crippen LogP contribution is 2.58. The number of ether oxygens (including phenoxy) is 3. The van der Waals surface area contributed by atoms with Gasteiger partial charge in [-0.05, 0) is 30.2 Å². The second-order valence-corrected chi connectivity index (χ2v) is 9.39. The van der Waals surface area contributed by atoms with Crippen molar-refractivity contribution < 1.29 is 33.4 Å². The molecule has 0 unspecified atom stereocenters. The fourth-order valence-corrected chi connectivity index (χ4v) is 5.92. The summed E-state index contributed by atoms with van der Waals surface area (Å²) in [6, 6.07) is 18.4. The summed E-state index contributed by atoms with van der Waals surface area (Å²) < 4.78 is 17.0. The Labute approximate surface area is 212 Å². The predicted molar refractivity (Wildman–Crippen MR) is 132 cm³/mol. The molecule has 3 aliphatic rings. The van der Waals surface area contributed by atoms with Gasteiger partial charge in [0, 0.05) is 17.2 Å². The van der Waals surface area contributed by atoms with Crippen LogP contribution in [0.25, 0.3) is 0 Å². The number of nitrogens with zero attached hydrogens (tertiary/aromatic N) is 1. The summed E-state index contributed by atoms with van der Waals surface area (Å²) in [7, 11) is 2.94. The molecule has 8 nitrogen and oxygen atoms in total. The molecule has 2 heterocycles. The fourth-order valence-electron chi connectivity index (χ4n) is 5.92. The summed E-state index contributed by atoms with van der Waals surface area (Å²) in [5, 5.41) is 0. The van der Waals surface area contributed by atoms with Crippen molar-refractivity contribution in [1.82, 2.24) is 0 Å². The van der Waals surface area contributed by atoms with Crippen molar-refractivity contribution in [2.45, 2.75) is 18.6 Å². The van der Waals surface area contributed by atoms with Crippen LogP contribution in [0.2, 0.25) is 0 Å². The lowest BCUT2D eigenvalue weighted by Gasteiger charge is -2.27. The highest BCUT2D eigenvalue weighted by molar-refractivity contribution is 6.37. The minimum atomic E-state index is -2.11. The maximum absolute atomic E-state index is 14.1. The maximum Gasteiger partial charge on any atom is 0.241 e. The standard InChI is InChI=1S/C29H23NO7/c1-15-8-4-5-9-17(15)24-22-23(29(37-24)25(31)18-10-6-7-11-19(18)26(29)32)28(34)30(27(22)33)16-12-13-20(35-2)21(14-16)36-3/h4-14,22-24H,1-3H3/t22-,23+,24-/m1/s1. The number of amides is 2. The molecule has 186 valence electrons. The number of ketones is 2. The monoisotopic (exact) mass is 497 g/mol. The number of hydrogen-bond donors (Lipinski definition) is 0. The normalized spacial score (nSPS) is 23.5. The van der Waals surface area contributed by atoms with Crippen LogP contribution in [0.15, 0.2) is 66.7 Å². The third-order valence-electron chi connectivity index (χ3n) is 7.64. The Balaban J connectivity index is 1.54. The molecule has 3 aromatic rings. The Morgan fingerprint density at radius 1 is 0.784 bits per heavy atom. The number of Topliss-reactive ketones (excluding diaryl/α,β-unsaturated/α-hetero) is 2. The van der Waals surface area contributed by atoms with Crippen LogP contribution in [0, 0.1) is 18.8 Å². The lowest BCUT2D eigenvalue weighted by molar-refractivity contribution is -0.127. The molecule has 3 aromatic carbocycles. The van der Waals surface area contributed by atoms with E-state index in [0.29, 0.717) is 17.1 Å². The van der Waals surface area contributed by atoms with E-state index in [2.05, 4.69) is 0 Å². The van der Waals surface area contributed by atoms with E-state index in [1.807, 2.05) is 19.1 Å². The Morgan fingerprint density at radius 2 is 1.41 bits per heavy atom. The van der Waals surface area contributed by atoms with Gasteiger partial charge in [-0.15, -0.1) is 0 Å². The SMILES string of the molecule is COc1ccc(N2C(=O)[C@H]3[C@@H](c4ccccc4C)OC4(C(=O)c5ccccc5C4=O)[C@@H]3C2=O)cc1OC. The smallest absolute Gasteiger partial charge is 0.241 e. The van der Waals surface area contributed by atoms with Crippen molar-refractivity contribution in [1.29, 1.82) is 0 Å². The number of aryl methyl sites for hydroxylation is 1. The second-order valence-electron chi connectivity index (χ2n) is 9.39. The Bertz CT molecular complexity index is 1470. The summed E-state index contributed by atoms with van der Waals surface area (Å²) in [4.78, 5) is 56.8. The van der Waals surface area contributed by atoms with Gasteiger partial charge in [0.1, 0.15) is 0 Å². The summed E-state index contributed by atoms with van der Waals surface area (Å²) in [5.74, 6) is -3.99. The first-order valence-electron chi connectivity index (χ1n) is 11.9. The zero-order chi connectivity index (χ0) is 26.1. The van der Waals surface area contributed by atoms with Gasteiger partial charge in [-0.3, -0.25) is 19.2 Å². The van der Waals surface area contributed by atoms with Crippen LogP contribution in [0.5, 0.6) is 11.5 Å². The van der Waals surface area contributed by atoms with E-state index in [9.17, 15) is 19.2 Å². The Kier molecular flexibility index (Phi) is 5.07. The number of carbonyl (C=O) groups excluding carboxylic acids is 4. The van der Waals surface area contributed by atoms with Gasteiger partial charge >= 0.3 is 0 Å². The van der Waals surface area contributed by atoms with Crippen LogP contribution >= 0.6 is 0 Å². The number of imide groups is 1.